The Hall–Kier alpha value is -1.00. The first-order valence-corrected chi connectivity index (χ1v) is 4.84. The number of hydrogen-bond acceptors (Lipinski definition) is 4. The van der Waals surface area contributed by atoms with Gasteiger partial charge in [0.25, 0.3) is 0 Å². The molecule has 4 heteroatoms. The molecule has 0 amide bonds. The standard InChI is InChI=1S/C10H14N2O2/c1-2-14-9-3-10(13,4-9)8-5-11-7-12-6-8/h5-7,9,13H,2-4H2,1H3. The topological polar surface area (TPSA) is 55.2 Å². The molecule has 14 heavy (non-hydrogen) atoms. The molecule has 1 heterocycles. The Labute approximate surface area is 83.0 Å². The van der Waals surface area contributed by atoms with Crippen LogP contribution in [0.4, 0.5) is 0 Å². The van der Waals surface area contributed by atoms with Crippen LogP contribution in [0.1, 0.15) is 25.3 Å². The van der Waals surface area contributed by atoms with Gasteiger partial charge in [0.1, 0.15) is 6.33 Å². The fourth-order valence-corrected chi connectivity index (χ4v) is 1.82. The molecule has 1 aromatic rings. The Morgan fingerprint density at radius 1 is 1.50 bits per heavy atom. The minimum absolute atomic E-state index is 0.185. The lowest BCUT2D eigenvalue weighted by molar-refractivity contribution is -0.143. The highest BCUT2D eigenvalue weighted by Crippen LogP contribution is 2.42. The highest BCUT2D eigenvalue weighted by molar-refractivity contribution is 5.19. The maximum atomic E-state index is 10.1. The van der Waals surface area contributed by atoms with Gasteiger partial charge >= 0.3 is 0 Å². The van der Waals surface area contributed by atoms with Gasteiger partial charge in [-0.15, -0.1) is 0 Å². The summed E-state index contributed by atoms with van der Waals surface area (Å²) in [5.41, 5.74) is 0.0251. The molecule has 1 fully saturated rings. The minimum atomic E-state index is -0.763. The van der Waals surface area contributed by atoms with Gasteiger partial charge < -0.3 is 9.84 Å². The molecule has 1 N–H and O–H groups in total. The van der Waals surface area contributed by atoms with Crippen molar-refractivity contribution in [1.29, 1.82) is 0 Å². The molecular formula is C10H14N2O2. The molecule has 0 saturated heterocycles. The van der Waals surface area contributed by atoms with Crippen LogP contribution in [0.3, 0.4) is 0 Å². The Morgan fingerprint density at radius 2 is 2.14 bits per heavy atom. The monoisotopic (exact) mass is 194 g/mol. The summed E-state index contributed by atoms with van der Waals surface area (Å²) in [6.07, 6.45) is 6.27. The van der Waals surface area contributed by atoms with E-state index in [-0.39, 0.29) is 6.10 Å². The van der Waals surface area contributed by atoms with Crippen molar-refractivity contribution in [3.8, 4) is 0 Å². The van der Waals surface area contributed by atoms with Crippen molar-refractivity contribution in [3.05, 3.63) is 24.3 Å². The number of aromatic nitrogens is 2. The minimum Gasteiger partial charge on any atom is -0.385 e. The van der Waals surface area contributed by atoms with Gasteiger partial charge in [-0.25, -0.2) is 9.97 Å². The molecule has 0 unspecified atom stereocenters. The van der Waals surface area contributed by atoms with Crippen molar-refractivity contribution in [2.75, 3.05) is 6.61 Å². The van der Waals surface area contributed by atoms with Crippen molar-refractivity contribution in [1.82, 2.24) is 9.97 Å². The van der Waals surface area contributed by atoms with Crippen LogP contribution in [0.2, 0.25) is 0 Å². The van der Waals surface area contributed by atoms with Crippen LogP contribution in [0, 0.1) is 0 Å². The lowest BCUT2D eigenvalue weighted by atomic mass is 9.74. The molecule has 1 aliphatic carbocycles. The summed E-state index contributed by atoms with van der Waals surface area (Å²) < 4.78 is 5.39. The molecule has 0 atom stereocenters. The summed E-state index contributed by atoms with van der Waals surface area (Å²) in [6, 6.07) is 0. The van der Waals surface area contributed by atoms with Gasteiger partial charge in [-0.1, -0.05) is 0 Å². The van der Waals surface area contributed by atoms with E-state index in [1.807, 2.05) is 6.92 Å². The van der Waals surface area contributed by atoms with Crippen molar-refractivity contribution in [2.45, 2.75) is 31.5 Å². The van der Waals surface area contributed by atoms with Gasteiger partial charge in [-0.3, -0.25) is 0 Å². The zero-order valence-electron chi connectivity index (χ0n) is 8.18. The third-order valence-corrected chi connectivity index (χ3v) is 2.63. The van der Waals surface area contributed by atoms with Crippen molar-refractivity contribution < 1.29 is 9.84 Å². The van der Waals surface area contributed by atoms with Gasteiger partial charge in [0.2, 0.25) is 0 Å². The first kappa shape index (κ1) is 9.55. The van der Waals surface area contributed by atoms with E-state index in [4.69, 9.17) is 4.74 Å². The van der Waals surface area contributed by atoms with Gasteiger partial charge in [-0.2, -0.15) is 0 Å². The van der Waals surface area contributed by atoms with Crippen LogP contribution in [-0.2, 0) is 10.3 Å². The molecule has 1 aliphatic rings. The van der Waals surface area contributed by atoms with Crippen LogP contribution in [0.25, 0.3) is 0 Å². The number of ether oxygens (including phenoxy) is 1. The molecule has 0 bridgehead atoms. The van der Waals surface area contributed by atoms with Gasteiger partial charge in [0.05, 0.1) is 11.7 Å². The van der Waals surface area contributed by atoms with E-state index in [0.29, 0.717) is 19.4 Å². The van der Waals surface area contributed by atoms with Crippen LogP contribution in [0.5, 0.6) is 0 Å². The fourth-order valence-electron chi connectivity index (χ4n) is 1.82. The summed E-state index contributed by atoms with van der Waals surface area (Å²) in [4.78, 5) is 7.78. The van der Waals surface area contributed by atoms with Crippen LogP contribution in [-0.4, -0.2) is 27.8 Å². The predicted molar refractivity (Wildman–Crippen MR) is 50.6 cm³/mol. The van der Waals surface area contributed by atoms with E-state index < -0.39 is 5.60 Å². The number of hydrogen-bond donors (Lipinski definition) is 1. The summed E-state index contributed by atoms with van der Waals surface area (Å²) >= 11 is 0. The molecule has 0 radical (unpaired) electrons. The van der Waals surface area contributed by atoms with Crippen molar-refractivity contribution >= 4 is 0 Å². The predicted octanol–water partition coefficient (Wildman–Crippen LogP) is 0.863. The molecule has 76 valence electrons. The molecule has 4 nitrogen and oxygen atoms in total. The third-order valence-electron chi connectivity index (χ3n) is 2.63. The third kappa shape index (κ3) is 1.63. The van der Waals surface area contributed by atoms with E-state index in [0.717, 1.165) is 5.56 Å². The summed E-state index contributed by atoms with van der Waals surface area (Å²) in [7, 11) is 0. The summed E-state index contributed by atoms with van der Waals surface area (Å²) in [5.74, 6) is 0. The first-order chi connectivity index (χ1) is 6.74. The normalized spacial score (nSPS) is 31.1. The number of aliphatic hydroxyl groups is 1. The maximum absolute atomic E-state index is 10.1. The van der Waals surface area contributed by atoms with Crippen LogP contribution < -0.4 is 0 Å². The zero-order valence-corrected chi connectivity index (χ0v) is 8.18. The average Bonchev–Trinajstić information content (AvgIpc) is 2.17. The van der Waals surface area contributed by atoms with Crippen molar-refractivity contribution in [3.63, 3.8) is 0 Å². The zero-order chi connectivity index (χ0) is 10.0. The average molecular weight is 194 g/mol. The van der Waals surface area contributed by atoms with E-state index in [9.17, 15) is 5.11 Å². The maximum Gasteiger partial charge on any atom is 0.115 e. The van der Waals surface area contributed by atoms with Gasteiger partial charge in [0, 0.05) is 37.4 Å². The second-order valence-electron chi connectivity index (χ2n) is 3.64. The molecule has 0 aliphatic heterocycles. The summed E-state index contributed by atoms with van der Waals surface area (Å²) in [6.45, 7) is 2.66. The van der Waals surface area contributed by atoms with Crippen LogP contribution >= 0.6 is 0 Å². The van der Waals surface area contributed by atoms with E-state index in [2.05, 4.69) is 9.97 Å². The molecule has 0 spiro atoms. The fraction of sp³-hybridized carbons (Fsp3) is 0.600. The highest BCUT2D eigenvalue weighted by atomic mass is 16.5. The van der Waals surface area contributed by atoms with E-state index >= 15 is 0 Å². The highest BCUT2D eigenvalue weighted by Gasteiger charge is 2.44. The SMILES string of the molecule is CCOC1CC(O)(c2cncnc2)C1. The molecule has 2 rings (SSSR count). The Balaban J connectivity index is 2.01. The number of nitrogens with zero attached hydrogens (tertiary/aromatic N) is 2. The van der Waals surface area contributed by atoms with Crippen molar-refractivity contribution in [2.24, 2.45) is 0 Å². The van der Waals surface area contributed by atoms with Gasteiger partial charge in [0.15, 0.2) is 0 Å². The van der Waals surface area contributed by atoms with E-state index in [1.54, 1.807) is 12.4 Å². The second-order valence-corrected chi connectivity index (χ2v) is 3.64. The Kier molecular flexibility index (Phi) is 2.48. The van der Waals surface area contributed by atoms with Gasteiger partial charge in [-0.05, 0) is 6.92 Å². The number of rotatable bonds is 3. The Bertz CT molecular complexity index is 296. The summed E-state index contributed by atoms with van der Waals surface area (Å²) in [5, 5.41) is 10.1. The Morgan fingerprint density at radius 3 is 2.71 bits per heavy atom. The largest absolute Gasteiger partial charge is 0.385 e. The molecule has 1 saturated carbocycles. The lowest BCUT2D eigenvalue weighted by Crippen LogP contribution is -2.46. The molecular weight excluding hydrogens is 180 g/mol. The molecule has 0 aromatic carbocycles. The quantitative estimate of drug-likeness (QED) is 0.775. The lowest BCUT2D eigenvalue weighted by Gasteiger charge is -2.43. The van der Waals surface area contributed by atoms with E-state index in [1.165, 1.54) is 6.33 Å². The second kappa shape index (κ2) is 3.63. The smallest absolute Gasteiger partial charge is 0.115 e. The van der Waals surface area contributed by atoms with Crippen LogP contribution in [0.15, 0.2) is 18.7 Å². The first-order valence-electron chi connectivity index (χ1n) is 4.84. The molecule has 1 aromatic heterocycles.